The van der Waals surface area contributed by atoms with Crippen molar-refractivity contribution in [1.82, 2.24) is 9.21 Å². The highest BCUT2D eigenvalue weighted by atomic mass is 32.2. The first-order chi connectivity index (χ1) is 14.4. The standard InChI is InChI=1S/C22H27FN2O5S/c1-15(2)25(5)31(28,29)20-11-7-9-18(13-20)22(27)30-16(3)21(26)24(4)14-17-8-6-10-19(23)12-17/h6-13,15-16H,14H2,1-5H3. The molecule has 0 bridgehead atoms. The quantitative estimate of drug-likeness (QED) is 0.577. The Morgan fingerprint density at radius 2 is 1.68 bits per heavy atom. The maximum Gasteiger partial charge on any atom is 0.338 e. The summed E-state index contributed by atoms with van der Waals surface area (Å²) in [4.78, 5) is 26.3. The highest BCUT2D eigenvalue weighted by Gasteiger charge is 2.26. The van der Waals surface area contributed by atoms with E-state index in [1.54, 1.807) is 26.0 Å². The van der Waals surface area contributed by atoms with Crippen LogP contribution in [-0.4, -0.2) is 55.7 Å². The number of hydrogen-bond acceptors (Lipinski definition) is 5. The molecular weight excluding hydrogens is 423 g/mol. The summed E-state index contributed by atoms with van der Waals surface area (Å²) in [5, 5.41) is 0. The first-order valence-corrected chi connectivity index (χ1v) is 11.2. The van der Waals surface area contributed by atoms with Gasteiger partial charge in [0, 0.05) is 26.7 Å². The Labute approximate surface area is 182 Å². The van der Waals surface area contributed by atoms with Crippen molar-refractivity contribution in [2.45, 2.75) is 44.4 Å². The maximum atomic E-state index is 13.3. The van der Waals surface area contributed by atoms with Crippen LogP contribution in [0.1, 0.15) is 36.7 Å². The number of hydrogen-bond donors (Lipinski definition) is 0. The molecule has 0 radical (unpaired) electrons. The number of carbonyl (C=O) groups excluding carboxylic acids is 2. The Morgan fingerprint density at radius 3 is 2.29 bits per heavy atom. The number of amides is 1. The summed E-state index contributed by atoms with van der Waals surface area (Å²) in [7, 11) is -0.792. The fraction of sp³-hybridized carbons (Fsp3) is 0.364. The molecule has 0 heterocycles. The van der Waals surface area contributed by atoms with Crippen molar-refractivity contribution in [1.29, 1.82) is 0 Å². The SMILES string of the molecule is CC(OC(=O)c1cccc(S(=O)(=O)N(C)C(C)C)c1)C(=O)N(C)Cc1cccc(F)c1. The van der Waals surface area contributed by atoms with E-state index in [2.05, 4.69) is 0 Å². The van der Waals surface area contributed by atoms with Crippen LogP contribution in [0.15, 0.2) is 53.4 Å². The summed E-state index contributed by atoms with van der Waals surface area (Å²) in [6.45, 7) is 5.05. The van der Waals surface area contributed by atoms with Gasteiger partial charge in [-0.25, -0.2) is 17.6 Å². The van der Waals surface area contributed by atoms with E-state index >= 15 is 0 Å². The highest BCUT2D eigenvalue weighted by molar-refractivity contribution is 7.89. The van der Waals surface area contributed by atoms with Crippen LogP contribution in [0.25, 0.3) is 0 Å². The molecule has 0 fully saturated rings. The molecule has 0 aliphatic rings. The predicted molar refractivity (Wildman–Crippen MR) is 114 cm³/mol. The number of rotatable bonds is 8. The van der Waals surface area contributed by atoms with E-state index in [1.807, 2.05) is 0 Å². The van der Waals surface area contributed by atoms with E-state index in [1.165, 1.54) is 66.6 Å². The van der Waals surface area contributed by atoms with Gasteiger partial charge in [0.2, 0.25) is 10.0 Å². The number of sulfonamides is 1. The third-order valence-electron chi connectivity index (χ3n) is 4.79. The fourth-order valence-electron chi connectivity index (χ4n) is 2.80. The lowest BCUT2D eigenvalue weighted by Gasteiger charge is -2.22. The van der Waals surface area contributed by atoms with E-state index in [9.17, 15) is 22.4 Å². The van der Waals surface area contributed by atoms with Gasteiger partial charge in [0.25, 0.3) is 5.91 Å². The fourth-order valence-corrected chi connectivity index (χ4v) is 4.22. The van der Waals surface area contributed by atoms with E-state index < -0.39 is 33.8 Å². The van der Waals surface area contributed by atoms with Gasteiger partial charge >= 0.3 is 5.97 Å². The van der Waals surface area contributed by atoms with Gasteiger partial charge in [0.1, 0.15) is 5.82 Å². The van der Waals surface area contributed by atoms with Crippen LogP contribution >= 0.6 is 0 Å². The summed E-state index contributed by atoms with van der Waals surface area (Å²) in [5.41, 5.74) is 0.618. The molecule has 0 saturated heterocycles. The molecule has 0 N–H and O–H groups in total. The lowest BCUT2D eigenvalue weighted by Crippen LogP contribution is -2.37. The average Bonchev–Trinajstić information content (AvgIpc) is 2.72. The van der Waals surface area contributed by atoms with Crippen molar-refractivity contribution in [3.8, 4) is 0 Å². The Balaban J connectivity index is 2.09. The third kappa shape index (κ3) is 6.11. The van der Waals surface area contributed by atoms with Crippen LogP contribution in [-0.2, 0) is 26.1 Å². The summed E-state index contributed by atoms with van der Waals surface area (Å²) in [6, 6.07) is 11.1. The second-order valence-corrected chi connectivity index (χ2v) is 9.51. The Bertz CT molecular complexity index is 1060. The summed E-state index contributed by atoms with van der Waals surface area (Å²) in [6.07, 6.45) is -1.11. The Hall–Kier alpha value is -2.78. The minimum atomic E-state index is -3.77. The minimum absolute atomic E-state index is 0.0191. The van der Waals surface area contributed by atoms with Gasteiger partial charge < -0.3 is 9.64 Å². The van der Waals surface area contributed by atoms with E-state index in [4.69, 9.17) is 4.74 Å². The minimum Gasteiger partial charge on any atom is -0.449 e. The smallest absolute Gasteiger partial charge is 0.338 e. The zero-order valence-electron chi connectivity index (χ0n) is 18.2. The van der Waals surface area contributed by atoms with E-state index in [0.29, 0.717) is 5.56 Å². The summed E-state index contributed by atoms with van der Waals surface area (Å²) >= 11 is 0. The van der Waals surface area contributed by atoms with Gasteiger partial charge in [0.15, 0.2) is 6.10 Å². The zero-order chi connectivity index (χ0) is 23.3. The molecule has 1 unspecified atom stereocenters. The Kier molecular flexibility index (Phi) is 7.91. The van der Waals surface area contributed by atoms with Gasteiger partial charge in [-0.05, 0) is 56.7 Å². The second-order valence-electron chi connectivity index (χ2n) is 7.51. The molecule has 2 aromatic rings. The van der Waals surface area contributed by atoms with Crippen molar-refractivity contribution < 1.29 is 27.1 Å². The molecular formula is C22H27FN2O5S. The largest absolute Gasteiger partial charge is 0.449 e. The zero-order valence-corrected chi connectivity index (χ0v) is 19.0. The van der Waals surface area contributed by atoms with Crippen LogP contribution in [0.3, 0.4) is 0 Å². The number of halogens is 1. The number of benzene rings is 2. The Morgan fingerprint density at radius 1 is 1.03 bits per heavy atom. The van der Waals surface area contributed by atoms with E-state index in [-0.39, 0.29) is 23.0 Å². The van der Waals surface area contributed by atoms with Gasteiger partial charge in [-0.2, -0.15) is 4.31 Å². The molecule has 0 spiro atoms. The molecule has 1 atom stereocenters. The monoisotopic (exact) mass is 450 g/mol. The van der Waals surface area contributed by atoms with Crippen molar-refractivity contribution in [2.75, 3.05) is 14.1 Å². The highest BCUT2D eigenvalue weighted by Crippen LogP contribution is 2.19. The van der Waals surface area contributed by atoms with Crippen molar-refractivity contribution >= 4 is 21.9 Å². The molecule has 1 amide bonds. The molecule has 31 heavy (non-hydrogen) atoms. The predicted octanol–water partition coefficient (Wildman–Crippen LogP) is 3.06. The second kappa shape index (κ2) is 10.0. The molecule has 2 aromatic carbocycles. The number of likely N-dealkylation sites (N-methyl/N-ethyl adjacent to an activating group) is 1. The maximum absolute atomic E-state index is 13.3. The number of ether oxygens (including phenoxy) is 1. The summed E-state index contributed by atoms with van der Waals surface area (Å²) in [5.74, 6) is -1.69. The molecule has 0 saturated carbocycles. The number of nitrogens with zero attached hydrogens (tertiary/aromatic N) is 2. The average molecular weight is 451 g/mol. The molecule has 0 aliphatic heterocycles. The first kappa shape index (κ1) is 24.5. The van der Waals surface area contributed by atoms with Crippen LogP contribution in [0.4, 0.5) is 4.39 Å². The van der Waals surface area contributed by atoms with Crippen molar-refractivity contribution in [3.63, 3.8) is 0 Å². The third-order valence-corrected chi connectivity index (χ3v) is 6.82. The number of carbonyl (C=O) groups is 2. The molecule has 9 heteroatoms. The molecule has 168 valence electrons. The molecule has 2 rings (SSSR count). The normalized spacial score (nSPS) is 12.6. The first-order valence-electron chi connectivity index (χ1n) is 9.72. The van der Waals surface area contributed by atoms with Crippen LogP contribution in [0.2, 0.25) is 0 Å². The molecule has 0 aliphatic carbocycles. The van der Waals surface area contributed by atoms with Crippen LogP contribution < -0.4 is 0 Å². The van der Waals surface area contributed by atoms with Crippen molar-refractivity contribution in [2.24, 2.45) is 0 Å². The topological polar surface area (TPSA) is 84.0 Å². The van der Waals surface area contributed by atoms with Gasteiger partial charge in [-0.3, -0.25) is 4.79 Å². The molecule has 0 aromatic heterocycles. The summed E-state index contributed by atoms with van der Waals surface area (Å²) < 4.78 is 45.1. The van der Waals surface area contributed by atoms with Gasteiger partial charge in [0.05, 0.1) is 10.5 Å². The van der Waals surface area contributed by atoms with E-state index in [0.717, 1.165) is 0 Å². The van der Waals surface area contributed by atoms with Gasteiger partial charge in [-0.15, -0.1) is 0 Å². The van der Waals surface area contributed by atoms with Crippen LogP contribution in [0, 0.1) is 5.82 Å². The number of esters is 1. The molecule has 7 nitrogen and oxygen atoms in total. The lowest BCUT2D eigenvalue weighted by molar-refractivity contribution is -0.139. The van der Waals surface area contributed by atoms with Crippen LogP contribution in [0.5, 0.6) is 0 Å². The van der Waals surface area contributed by atoms with Gasteiger partial charge in [-0.1, -0.05) is 18.2 Å². The van der Waals surface area contributed by atoms with Crippen molar-refractivity contribution in [3.05, 3.63) is 65.5 Å². The lowest BCUT2D eigenvalue weighted by atomic mass is 10.2.